The van der Waals surface area contributed by atoms with Gasteiger partial charge < -0.3 is 10.1 Å². The Balaban J connectivity index is 1.48. The first-order chi connectivity index (χ1) is 13.3. The number of halogens is 4. The Labute approximate surface area is 168 Å². The average molecular weight is 426 g/mol. The van der Waals surface area contributed by atoms with Crippen LogP contribution in [0, 0.1) is 0 Å². The third-order valence-electron chi connectivity index (χ3n) is 5.63. The van der Waals surface area contributed by atoms with E-state index in [1.165, 1.54) is 18.3 Å². The topological polar surface area (TPSA) is 46.5 Å². The van der Waals surface area contributed by atoms with E-state index in [1.807, 2.05) is 18.2 Å². The van der Waals surface area contributed by atoms with E-state index in [0.717, 1.165) is 24.2 Å². The highest BCUT2D eigenvalue weighted by atomic mass is 35.5. The first-order valence-corrected chi connectivity index (χ1v) is 9.90. The number of pyridine rings is 1. The fraction of sp³-hybridized carbons (Fsp3) is 0.368. The van der Waals surface area contributed by atoms with E-state index in [-0.39, 0.29) is 22.7 Å². The molecule has 0 saturated carbocycles. The molecule has 1 N–H and O–H groups in total. The van der Waals surface area contributed by atoms with Gasteiger partial charge >= 0.3 is 6.18 Å². The van der Waals surface area contributed by atoms with E-state index in [0.29, 0.717) is 29.8 Å². The summed E-state index contributed by atoms with van der Waals surface area (Å²) in [5, 5.41) is 3.37. The van der Waals surface area contributed by atoms with Crippen LogP contribution in [0.15, 0.2) is 40.9 Å². The van der Waals surface area contributed by atoms with Crippen molar-refractivity contribution in [1.29, 1.82) is 0 Å². The van der Waals surface area contributed by atoms with Crippen LogP contribution in [0.5, 0.6) is 0 Å². The number of alkyl halides is 3. The number of aromatic nitrogens is 1. The Hall–Kier alpha value is -1.61. The van der Waals surface area contributed by atoms with Crippen LogP contribution < -0.4 is 5.32 Å². The van der Waals surface area contributed by atoms with Crippen LogP contribution in [0.25, 0.3) is 0 Å². The number of ether oxygens (including phenoxy) is 1. The number of hydrogen-bond donors (Lipinski definition) is 1. The summed E-state index contributed by atoms with van der Waals surface area (Å²) in [4.78, 5) is 3.84. The molecule has 3 aliphatic rings. The normalized spacial score (nSPS) is 25.5. The van der Waals surface area contributed by atoms with E-state index < -0.39 is 10.9 Å². The molecule has 1 aromatic heterocycles. The Bertz CT molecular complexity index is 975. The molecular weight excluding hydrogens is 411 g/mol. The number of nitrogens with zero attached hydrogens (tertiary/aromatic N) is 2. The van der Waals surface area contributed by atoms with E-state index in [2.05, 4.69) is 14.7 Å². The number of hydrogen-bond acceptors (Lipinski definition) is 5. The molecule has 0 aliphatic carbocycles. The fourth-order valence-electron chi connectivity index (χ4n) is 3.95. The molecule has 0 amide bonds. The number of fused-ring (bicyclic) bond motifs is 2. The zero-order chi connectivity index (χ0) is 19.6. The standard InChI is InChI=1S/C19H15ClF3N3OS/c20-16-4-2-13(7-25-16)18(19(21,22)23)6-15(26-28-18)11-1-3-14-12(5-11)8-27-17(14)9-24-10-17/h1-5,7,24H,6,8-10H2. The lowest BCUT2D eigenvalue weighted by atomic mass is 9.85. The highest BCUT2D eigenvalue weighted by Gasteiger charge is 2.60. The molecule has 1 spiro atoms. The lowest BCUT2D eigenvalue weighted by molar-refractivity contribution is -0.159. The molecule has 0 bridgehead atoms. The number of benzene rings is 1. The van der Waals surface area contributed by atoms with Gasteiger partial charge in [0.25, 0.3) is 0 Å². The van der Waals surface area contributed by atoms with Crippen LogP contribution in [0.2, 0.25) is 5.15 Å². The predicted molar refractivity (Wildman–Crippen MR) is 102 cm³/mol. The van der Waals surface area contributed by atoms with E-state index >= 15 is 0 Å². The van der Waals surface area contributed by atoms with E-state index in [9.17, 15) is 13.2 Å². The lowest BCUT2D eigenvalue weighted by Gasteiger charge is -2.39. The SMILES string of the molecule is FC(F)(F)C1(c2ccc(Cl)nc2)CC(c2ccc3c(c2)COC32CNC2)=NS1. The van der Waals surface area contributed by atoms with Crippen molar-refractivity contribution in [3.63, 3.8) is 0 Å². The van der Waals surface area contributed by atoms with Gasteiger partial charge in [0.05, 0.1) is 12.3 Å². The molecule has 4 nitrogen and oxygen atoms in total. The lowest BCUT2D eigenvalue weighted by Crippen LogP contribution is -2.56. The second-order valence-corrected chi connectivity index (χ2v) is 8.71. The van der Waals surface area contributed by atoms with Crippen LogP contribution in [-0.2, 0) is 21.7 Å². The molecule has 1 atom stereocenters. The van der Waals surface area contributed by atoms with Crippen molar-refractivity contribution in [2.24, 2.45) is 4.40 Å². The maximum Gasteiger partial charge on any atom is 0.409 e. The molecule has 4 heterocycles. The van der Waals surface area contributed by atoms with Crippen molar-refractivity contribution in [1.82, 2.24) is 10.3 Å². The first-order valence-electron chi connectivity index (χ1n) is 8.75. The van der Waals surface area contributed by atoms with E-state index in [4.69, 9.17) is 16.3 Å². The summed E-state index contributed by atoms with van der Waals surface area (Å²) < 4.78 is 50.2. The zero-order valence-electron chi connectivity index (χ0n) is 14.5. The van der Waals surface area contributed by atoms with Crippen molar-refractivity contribution in [3.05, 3.63) is 63.9 Å². The van der Waals surface area contributed by atoms with Crippen LogP contribution in [0.3, 0.4) is 0 Å². The van der Waals surface area contributed by atoms with Crippen molar-refractivity contribution >= 4 is 29.3 Å². The Morgan fingerprint density at radius 2 is 2.00 bits per heavy atom. The quantitative estimate of drug-likeness (QED) is 0.573. The Kier molecular flexibility index (Phi) is 4.07. The molecule has 1 aromatic carbocycles. The van der Waals surface area contributed by atoms with Gasteiger partial charge in [0.1, 0.15) is 10.8 Å². The third-order valence-corrected chi connectivity index (χ3v) is 7.09. The molecule has 3 aliphatic heterocycles. The van der Waals surface area contributed by atoms with Gasteiger partial charge in [0.15, 0.2) is 4.75 Å². The zero-order valence-corrected chi connectivity index (χ0v) is 16.1. The minimum absolute atomic E-state index is 0.0529. The summed E-state index contributed by atoms with van der Waals surface area (Å²) >= 11 is 6.30. The van der Waals surface area contributed by atoms with Crippen LogP contribution in [0.4, 0.5) is 13.2 Å². The first kappa shape index (κ1) is 18.4. The second kappa shape index (κ2) is 6.19. The van der Waals surface area contributed by atoms with Crippen molar-refractivity contribution in [2.45, 2.75) is 29.6 Å². The minimum atomic E-state index is -4.49. The smallest absolute Gasteiger partial charge is 0.363 e. The van der Waals surface area contributed by atoms with Crippen LogP contribution in [0.1, 0.15) is 28.7 Å². The maximum absolute atomic E-state index is 14.1. The molecule has 0 radical (unpaired) electrons. The highest BCUT2D eigenvalue weighted by Crippen LogP contribution is 2.56. The van der Waals surface area contributed by atoms with Gasteiger partial charge in [-0.2, -0.15) is 13.2 Å². The minimum Gasteiger partial charge on any atom is -0.363 e. The Morgan fingerprint density at radius 3 is 2.64 bits per heavy atom. The summed E-state index contributed by atoms with van der Waals surface area (Å²) in [5.74, 6) is 0. The van der Waals surface area contributed by atoms with Crippen LogP contribution in [-0.4, -0.2) is 30.0 Å². The van der Waals surface area contributed by atoms with Gasteiger partial charge in [0, 0.05) is 25.7 Å². The molecular formula is C19H15ClF3N3OS. The molecule has 1 saturated heterocycles. The van der Waals surface area contributed by atoms with Crippen molar-refractivity contribution in [3.8, 4) is 0 Å². The molecule has 28 heavy (non-hydrogen) atoms. The predicted octanol–water partition coefficient (Wildman–Crippen LogP) is 4.36. The van der Waals surface area contributed by atoms with Gasteiger partial charge in [-0.05, 0) is 46.3 Å². The van der Waals surface area contributed by atoms with Gasteiger partial charge in [-0.15, -0.1) is 0 Å². The summed E-state index contributed by atoms with van der Waals surface area (Å²) in [6, 6.07) is 8.47. The molecule has 9 heteroatoms. The number of rotatable bonds is 2. The average Bonchev–Trinajstić information content (AvgIpc) is 3.24. The largest absolute Gasteiger partial charge is 0.409 e. The molecule has 1 unspecified atom stereocenters. The third kappa shape index (κ3) is 2.62. The highest BCUT2D eigenvalue weighted by molar-refractivity contribution is 7.99. The van der Waals surface area contributed by atoms with E-state index in [1.54, 1.807) is 0 Å². The molecule has 2 aromatic rings. The summed E-state index contributed by atoms with van der Waals surface area (Å²) in [6.45, 7) is 1.99. The van der Waals surface area contributed by atoms with Gasteiger partial charge in [-0.25, -0.2) is 9.38 Å². The summed E-state index contributed by atoms with van der Waals surface area (Å²) in [6.07, 6.45) is -3.55. The molecule has 1 fully saturated rings. The van der Waals surface area contributed by atoms with Gasteiger partial charge in [-0.3, -0.25) is 0 Å². The van der Waals surface area contributed by atoms with Gasteiger partial charge in [-0.1, -0.05) is 29.8 Å². The van der Waals surface area contributed by atoms with Crippen molar-refractivity contribution < 1.29 is 17.9 Å². The number of nitrogens with one attached hydrogen (secondary N) is 1. The summed E-state index contributed by atoms with van der Waals surface area (Å²) in [7, 11) is 0. The Morgan fingerprint density at radius 1 is 1.18 bits per heavy atom. The second-order valence-electron chi connectivity index (χ2n) is 7.26. The molecule has 146 valence electrons. The van der Waals surface area contributed by atoms with Crippen molar-refractivity contribution in [2.75, 3.05) is 13.1 Å². The monoisotopic (exact) mass is 425 g/mol. The summed E-state index contributed by atoms with van der Waals surface area (Å²) in [5.41, 5.74) is 3.04. The molecule has 5 rings (SSSR count). The fourth-order valence-corrected chi connectivity index (χ4v) is 5.03. The van der Waals surface area contributed by atoms with Crippen LogP contribution >= 0.6 is 23.5 Å². The maximum atomic E-state index is 14.1. The van der Waals surface area contributed by atoms with Gasteiger partial charge in [0.2, 0.25) is 0 Å².